The molecule has 0 fully saturated rings. The fourth-order valence-corrected chi connectivity index (χ4v) is 7.78. The van der Waals surface area contributed by atoms with E-state index in [-0.39, 0.29) is 5.29 Å². The number of ether oxygens (including phenoxy) is 2. The third-order valence-electron chi connectivity index (χ3n) is 4.74. The molecule has 3 aromatic carbocycles. The molecule has 160 valence electrons. The Morgan fingerprint density at radius 3 is 1.29 bits per heavy atom. The van der Waals surface area contributed by atoms with Crippen LogP contribution in [-0.4, -0.2) is 29.9 Å². The van der Waals surface area contributed by atoms with E-state index in [9.17, 15) is 9.59 Å². The molecular formula is C26H27O4P. The van der Waals surface area contributed by atoms with E-state index in [4.69, 9.17) is 9.47 Å². The quantitative estimate of drug-likeness (QED) is 0.349. The molecule has 0 amide bonds. The number of hydrogen-bond donors (Lipinski definition) is 0. The van der Waals surface area contributed by atoms with Gasteiger partial charge in [0.1, 0.15) is 5.60 Å². The normalized spacial score (nSPS) is 11.5. The molecule has 0 bridgehead atoms. The van der Waals surface area contributed by atoms with Crippen LogP contribution in [0.2, 0.25) is 0 Å². The Balaban J connectivity index is 2.60. The van der Waals surface area contributed by atoms with Crippen LogP contribution in [0.5, 0.6) is 0 Å². The Hall–Kier alpha value is -3.10. The molecular weight excluding hydrogens is 407 g/mol. The number of esters is 2. The lowest BCUT2D eigenvalue weighted by molar-refractivity contribution is -0.147. The lowest BCUT2D eigenvalue weighted by Gasteiger charge is -2.32. The summed E-state index contributed by atoms with van der Waals surface area (Å²) in [5, 5.41) is 2.64. The minimum atomic E-state index is -2.91. The van der Waals surface area contributed by atoms with E-state index >= 15 is 0 Å². The van der Waals surface area contributed by atoms with Crippen molar-refractivity contribution < 1.29 is 19.1 Å². The van der Waals surface area contributed by atoms with E-state index in [1.807, 2.05) is 91.0 Å². The second kappa shape index (κ2) is 9.36. The molecule has 3 rings (SSSR count). The lowest BCUT2D eigenvalue weighted by Crippen LogP contribution is -2.41. The lowest BCUT2D eigenvalue weighted by atomic mass is 10.2. The average molecular weight is 434 g/mol. The zero-order valence-corrected chi connectivity index (χ0v) is 19.1. The molecule has 0 radical (unpaired) electrons. The summed E-state index contributed by atoms with van der Waals surface area (Å²) < 4.78 is 10.9. The van der Waals surface area contributed by atoms with E-state index in [0.29, 0.717) is 0 Å². The molecule has 0 heterocycles. The summed E-state index contributed by atoms with van der Waals surface area (Å²) in [4.78, 5) is 26.9. The van der Waals surface area contributed by atoms with Crippen LogP contribution >= 0.6 is 6.89 Å². The van der Waals surface area contributed by atoms with Crippen molar-refractivity contribution in [1.29, 1.82) is 0 Å². The molecule has 5 heteroatoms. The highest BCUT2D eigenvalue weighted by molar-refractivity contribution is 7.97. The number of benzene rings is 3. The van der Waals surface area contributed by atoms with Crippen molar-refractivity contribution in [3.8, 4) is 0 Å². The highest BCUT2D eigenvalue weighted by atomic mass is 31.2. The summed E-state index contributed by atoms with van der Waals surface area (Å²) in [5.74, 6) is -1.34. The van der Waals surface area contributed by atoms with Crippen LogP contribution in [0.25, 0.3) is 0 Å². The van der Waals surface area contributed by atoms with Crippen LogP contribution in [0.15, 0.2) is 91.0 Å². The minimum Gasteiger partial charge on any atom is -0.465 e. The van der Waals surface area contributed by atoms with Crippen molar-refractivity contribution >= 4 is 40.0 Å². The van der Waals surface area contributed by atoms with Crippen LogP contribution in [0.4, 0.5) is 0 Å². The van der Waals surface area contributed by atoms with Gasteiger partial charge in [-0.1, -0.05) is 91.0 Å². The first kappa shape index (κ1) is 22.6. The largest absolute Gasteiger partial charge is 0.465 e. The van der Waals surface area contributed by atoms with Crippen molar-refractivity contribution in [2.24, 2.45) is 0 Å². The van der Waals surface area contributed by atoms with Crippen LogP contribution in [0.1, 0.15) is 20.8 Å². The van der Waals surface area contributed by atoms with Gasteiger partial charge in [-0.3, -0.25) is 0 Å². The maximum absolute atomic E-state index is 13.6. The van der Waals surface area contributed by atoms with Crippen molar-refractivity contribution in [3.05, 3.63) is 91.0 Å². The first-order valence-electron chi connectivity index (χ1n) is 10.1. The van der Waals surface area contributed by atoms with E-state index in [2.05, 4.69) is 0 Å². The van der Waals surface area contributed by atoms with Crippen molar-refractivity contribution in [3.63, 3.8) is 0 Å². The van der Waals surface area contributed by atoms with E-state index in [1.54, 1.807) is 20.8 Å². The number of hydrogen-bond acceptors (Lipinski definition) is 4. The predicted octanol–water partition coefficient (Wildman–Crippen LogP) is 3.67. The first-order chi connectivity index (χ1) is 14.8. The average Bonchev–Trinajstić information content (AvgIpc) is 2.77. The Labute approximate surface area is 183 Å². The zero-order valence-electron chi connectivity index (χ0n) is 18.2. The Kier molecular flexibility index (Phi) is 6.82. The molecule has 0 unspecified atom stereocenters. The van der Waals surface area contributed by atoms with E-state index in [0.717, 1.165) is 15.9 Å². The third kappa shape index (κ3) is 4.65. The van der Waals surface area contributed by atoms with Gasteiger partial charge >= 0.3 is 11.9 Å². The van der Waals surface area contributed by atoms with Gasteiger partial charge in [0.2, 0.25) is 0 Å². The molecule has 0 aliphatic rings. The van der Waals surface area contributed by atoms with Crippen LogP contribution < -0.4 is 15.9 Å². The van der Waals surface area contributed by atoms with Crippen LogP contribution in [-0.2, 0) is 19.1 Å². The van der Waals surface area contributed by atoms with Crippen molar-refractivity contribution in [2.45, 2.75) is 26.4 Å². The number of carbonyl (C=O) groups is 2. The Morgan fingerprint density at radius 1 is 0.645 bits per heavy atom. The van der Waals surface area contributed by atoms with Crippen LogP contribution in [0.3, 0.4) is 0 Å². The van der Waals surface area contributed by atoms with Gasteiger partial charge in [-0.15, -0.1) is 0 Å². The summed E-state index contributed by atoms with van der Waals surface area (Å²) in [6.45, 7) is 2.44. The second-order valence-corrected chi connectivity index (χ2v) is 11.4. The molecule has 31 heavy (non-hydrogen) atoms. The monoisotopic (exact) mass is 434 g/mol. The molecule has 0 aliphatic carbocycles. The van der Waals surface area contributed by atoms with Gasteiger partial charge in [0.25, 0.3) is 0 Å². The number of rotatable bonds is 5. The van der Waals surface area contributed by atoms with E-state index in [1.165, 1.54) is 7.11 Å². The number of carbonyl (C=O) groups excluding carboxylic acids is 2. The van der Waals surface area contributed by atoms with Gasteiger partial charge in [-0.05, 0) is 43.6 Å². The topological polar surface area (TPSA) is 52.6 Å². The molecule has 3 aromatic rings. The van der Waals surface area contributed by atoms with Gasteiger partial charge in [0.05, 0.1) is 7.11 Å². The standard InChI is InChI=1S/C26H27O4P/c1-26(2,3)30-25(28)23(24(27)29-4)31(20-14-8-5-9-15-20,21-16-10-6-11-17-21)22-18-12-7-13-19-22/h5-19H,1-4H3. The number of methoxy groups -OCH3 is 1. The highest BCUT2D eigenvalue weighted by Crippen LogP contribution is 2.46. The molecule has 0 aromatic heterocycles. The SMILES string of the molecule is COC(=O)C(C(=O)OC(C)(C)C)=P(c1ccccc1)(c1ccccc1)c1ccccc1. The summed E-state index contributed by atoms with van der Waals surface area (Å²) in [5.41, 5.74) is -0.768. The van der Waals surface area contributed by atoms with E-state index < -0.39 is 24.4 Å². The molecule has 0 saturated carbocycles. The van der Waals surface area contributed by atoms with Crippen molar-refractivity contribution in [2.75, 3.05) is 7.11 Å². The molecule has 0 saturated heterocycles. The Morgan fingerprint density at radius 2 is 1.00 bits per heavy atom. The maximum atomic E-state index is 13.6. The first-order valence-corrected chi connectivity index (χ1v) is 11.8. The van der Waals surface area contributed by atoms with Gasteiger partial charge in [0.15, 0.2) is 5.29 Å². The fourth-order valence-electron chi connectivity index (χ4n) is 3.57. The van der Waals surface area contributed by atoms with Gasteiger partial charge in [-0.25, -0.2) is 9.59 Å². The highest BCUT2D eigenvalue weighted by Gasteiger charge is 2.39. The third-order valence-corrected chi connectivity index (χ3v) is 8.99. The fraction of sp³-hybridized carbons (Fsp3) is 0.192. The molecule has 0 N–H and O–H groups in total. The molecule has 0 spiro atoms. The second-order valence-electron chi connectivity index (χ2n) is 8.02. The predicted molar refractivity (Wildman–Crippen MR) is 128 cm³/mol. The molecule has 0 atom stereocenters. The molecule has 4 nitrogen and oxygen atoms in total. The van der Waals surface area contributed by atoms with Crippen molar-refractivity contribution in [1.82, 2.24) is 0 Å². The summed E-state index contributed by atoms with van der Waals surface area (Å²) in [6, 6.07) is 29.0. The maximum Gasteiger partial charge on any atom is 0.347 e. The summed E-state index contributed by atoms with van der Waals surface area (Å²) in [7, 11) is 1.29. The van der Waals surface area contributed by atoms with Gasteiger partial charge in [0, 0.05) is 0 Å². The minimum absolute atomic E-state index is 0.0218. The van der Waals surface area contributed by atoms with Gasteiger partial charge in [-0.2, -0.15) is 0 Å². The summed E-state index contributed by atoms with van der Waals surface area (Å²) in [6.07, 6.45) is 0. The van der Waals surface area contributed by atoms with Gasteiger partial charge < -0.3 is 9.47 Å². The Bertz CT molecular complexity index is 995. The zero-order chi connectivity index (χ0) is 22.5. The summed E-state index contributed by atoms with van der Waals surface area (Å²) >= 11 is 0. The van der Waals surface area contributed by atoms with Crippen LogP contribution in [0, 0.1) is 0 Å². The molecule has 0 aliphatic heterocycles. The smallest absolute Gasteiger partial charge is 0.347 e.